The summed E-state index contributed by atoms with van der Waals surface area (Å²) in [7, 11) is 1.76. The van der Waals surface area contributed by atoms with E-state index in [0.29, 0.717) is 35.8 Å². The molecule has 0 saturated heterocycles. The maximum Gasteiger partial charge on any atom is 0.254 e. The van der Waals surface area contributed by atoms with E-state index in [1.165, 1.54) is 18.3 Å². The Bertz CT molecular complexity index is 1150. The van der Waals surface area contributed by atoms with Crippen molar-refractivity contribution in [3.05, 3.63) is 76.4 Å². The van der Waals surface area contributed by atoms with Gasteiger partial charge in [0.1, 0.15) is 11.5 Å². The van der Waals surface area contributed by atoms with Gasteiger partial charge in [0.2, 0.25) is 0 Å². The molecule has 1 aliphatic heterocycles. The highest BCUT2D eigenvalue weighted by atomic mass is 19.1. The number of aromatic nitrogens is 3. The van der Waals surface area contributed by atoms with Gasteiger partial charge in [-0.15, -0.1) is 5.10 Å². The zero-order chi connectivity index (χ0) is 20.8. The van der Waals surface area contributed by atoms with Crippen molar-refractivity contribution in [2.75, 3.05) is 13.6 Å². The van der Waals surface area contributed by atoms with Crippen LogP contribution in [0, 0.1) is 5.82 Å². The molecule has 1 saturated carbocycles. The Morgan fingerprint density at radius 2 is 2.00 bits per heavy atom. The van der Waals surface area contributed by atoms with Crippen molar-refractivity contribution < 1.29 is 13.6 Å². The monoisotopic (exact) mass is 406 g/mol. The molecule has 30 heavy (non-hydrogen) atoms. The first kappa shape index (κ1) is 18.8. The number of rotatable bonds is 4. The fraction of sp³-hybridized carbons (Fsp3) is 0.304. The Balaban J connectivity index is 1.52. The molecule has 2 aromatic heterocycles. The minimum Gasteiger partial charge on any atom is -0.341 e. The minimum atomic E-state index is -1.53. The van der Waals surface area contributed by atoms with Crippen LogP contribution in [0.25, 0.3) is 11.4 Å². The van der Waals surface area contributed by atoms with Crippen LogP contribution in [-0.4, -0.2) is 39.6 Å². The maximum absolute atomic E-state index is 15.3. The summed E-state index contributed by atoms with van der Waals surface area (Å²) >= 11 is 0. The lowest BCUT2D eigenvalue weighted by Gasteiger charge is -2.25. The molecule has 1 amide bonds. The molecule has 0 unspecified atom stereocenters. The van der Waals surface area contributed by atoms with Gasteiger partial charge < -0.3 is 4.90 Å². The molecule has 0 spiro atoms. The highest BCUT2D eigenvalue weighted by molar-refractivity contribution is 5.98. The van der Waals surface area contributed by atoms with E-state index in [0.717, 1.165) is 24.0 Å². The SMILES string of the molecule is CN1CCc2c(ccnc2-c2cc([C@H](F)c3cc(F)cc(C4CC4)c3)cnn2)C1=O. The molecular formula is C23H20F2N4O. The summed E-state index contributed by atoms with van der Waals surface area (Å²) in [4.78, 5) is 18.5. The van der Waals surface area contributed by atoms with Gasteiger partial charge in [-0.25, -0.2) is 8.78 Å². The molecule has 3 heterocycles. The summed E-state index contributed by atoms with van der Waals surface area (Å²) in [5.74, 6) is -0.172. The summed E-state index contributed by atoms with van der Waals surface area (Å²) in [6.07, 6.45) is 4.05. The van der Waals surface area contributed by atoms with E-state index in [1.807, 2.05) is 0 Å². The van der Waals surface area contributed by atoms with E-state index >= 15 is 4.39 Å². The van der Waals surface area contributed by atoms with Crippen LogP contribution in [-0.2, 0) is 6.42 Å². The third-order valence-electron chi connectivity index (χ3n) is 5.82. The van der Waals surface area contributed by atoms with Crippen LogP contribution in [0.4, 0.5) is 8.78 Å². The van der Waals surface area contributed by atoms with E-state index in [1.54, 1.807) is 36.3 Å². The van der Waals surface area contributed by atoms with Crippen LogP contribution in [0.15, 0.2) is 42.7 Å². The van der Waals surface area contributed by atoms with Gasteiger partial charge in [-0.2, -0.15) is 5.10 Å². The van der Waals surface area contributed by atoms with Gasteiger partial charge in [0.05, 0.1) is 11.9 Å². The largest absolute Gasteiger partial charge is 0.341 e. The van der Waals surface area contributed by atoms with E-state index in [-0.39, 0.29) is 17.0 Å². The van der Waals surface area contributed by atoms with Crippen LogP contribution in [0.5, 0.6) is 0 Å². The summed E-state index contributed by atoms with van der Waals surface area (Å²) in [6, 6.07) is 7.73. The number of carbonyl (C=O) groups excluding carboxylic acids is 1. The summed E-state index contributed by atoms with van der Waals surface area (Å²) < 4.78 is 29.4. The van der Waals surface area contributed by atoms with Crippen molar-refractivity contribution in [1.82, 2.24) is 20.1 Å². The van der Waals surface area contributed by atoms with Gasteiger partial charge in [-0.05, 0) is 66.1 Å². The second-order valence-corrected chi connectivity index (χ2v) is 7.99. The topological polar surface area (TPSA) is 59.0 Å². The summed E-state index contributed by atoms with van der Waals surface area (Å²) in [6.45, 7) is 0.580. The first-order chi connectivity index (χ1) is 14.5. The Morgan fingerprint density at radius 1 is 1.17 bits per heavy atom. The van der Waals surface area contributed by atoms with Gasteiger partial charge >= 0.3 is 0 Å². The van der Waals surface area contributed by atoms with E-state index in [9.17, 15) is 9.18 Å². The molecule has 1 aliphatic carbocycles. The number of carbonyl (C=O) groups is 1. The first-order valence-corrected chi connectivity index (χ1v) is 10.0. The van der Waals surface area contributed by atoms with Gasteiger partial charge in [-0.3, -0.25) is 9.78 Å². The Labute approximate surface area is 172 Å². The number of hydrogen-bond acceptors (Lipinski definition) is 4. The molecule has 1 atom stereocenters. The van der Waals surface area contributed by atoms with E-state index < -0.39 is 12.0 Å². The predicted octanol–water partition coefficient (Wildman–Crippen LogP) is 4.24. The normalized spacial score (nSPS) is 17.0. The Kier molecular flexibility index (Phi) is 4.53. The van der Waals surface area contributed by atoms with Gasteiger partial charge in [-0.1, -0.05) is 6.07 Å². The second kappa shape index (κ2) is 7.23. The zero-order valence-corrected chi connectivity index (χ0v) is 16.5. The molecule has 152 valence electrons. The number of benzene rings is 1. The first-order valence-electron chi connectivity index (χ1n) is 10.0. The van der Waals surface area contributed by atoms with E-state index in [2.05, 4.69) is 15.2 Å². The lowest BCUT2D eigenvalue weighted by molar-refractivity contribution is 0.0781. The number of nitrogens with zero attached hydrogens (tertiary/aromatic N) is 4. The van der Waals surface area contributed by atoms with Crippen molar-refractivity contribution in [3.8, 4) is 11.4 Å². The quantitative estimate of drug-likeness (QED) is 0.650. The molecule has 7 heteroatoms. The highest BCUT2D eigenvalue weighted by Gasteiger charge is 2.27. The summed E-state index contributed by atoms with van der Waals surface area (Å²) in [5, 5.41) is 8.10. The average Bonchev–Trinajstić information content (AvgIpc) is 3.61. The number of fused-ring (bicyclic) bond motifs is 1. The fourth-order valence-corrected chi connectivity index (χ4v) is 4.02. The van der Waals surface area contributed by atoms with Crippen molar-refractivity contribution in [1.29, 1.82) is 0 Å². The second-order valence-electron chi connectivity index (χ2n) is 7.99. The van der Waals surface area contributed by atoms with Gasteiger partial charge in [0, 0.05) is 30.9 Å². The molecular weight excluding hydrogens is 386 g/mol. The Morgan fingerprint density at radius 3 is 2.80 bits per heavy atom. The maximum atomic E-state index is 15.3. The van der Waals surface area contributed by atoms with Crippen LogP contribution in [0.1, 0.15) is 57.5 Å². The molecule has 0 radical (unpaired) electrons. The standard InChI is InChI=1S/C23H20F2N4O/c1-29-7-5-18-19(23(29)30)4-6-26-22(18)20-11-16(12-27-28-20)21(25)15-8-14(13-2-3-13)9-17(24)10-15/h4,6,8-13,21H,2-3,5,7H2,1H3/t21-/m1/s1. The third kappa shape index (κ3) is 3.34. The molecule has 3 aromatic rings. The van der Waals surface area contributed by atoms with Crippen molar-refractivity contribution in [2.24, 2.45) is 0 Å². The molecule has 5 rings (SSSR count). The number of hydrogen-bond donors (Lipinski definition) is 0. The lowest BCUT2D eigenvalue weighted by atomic mass is 9.95. The highest BCUT2D eigenvalue weighted by Crippen LogP contribution is 2.42. The number of likely N-dealkylation sites (N-methyl/N-ethyl adjacent to an activating group) is 1. The third-order valence-corrected chi connectivity index (χ3v) is 5.82. The minimum absolute atomic E-state index is 0.0697. The molecule has 2 aliphatic rings. The number of halogens is 2. The number of amides is 1. The Hall–Kier alpha value is -3.22. The van der Waals surface area contributed by atoms with E-state index in [4.69, 9.17) is 0 Å². The van der Waals surface area contributed by atoms with Crippen molar-refractivity contribution in [3.63, 3.8) is 0 Å². The molecule has 1 aromatic carbocycles. The number of alkyl halides is 1. The van der Waals surface area contributed by atoms with Crippen LogP contribution in [0.2, 0.25) is 0 Å². The van der Waals surface area contributed by atoms with Gasteiger partial charge in [0.15, 0.2) is 6.17 Å². The smallest absolute Gasteiger partial charge is 0.254 e. The van der Waals surface area contributed by atoms with Crippen LogP contribution in [0.3, 0.4) is 0 Å². The molecule has 5 nitrogen and oxygen atoms in total. The molecule has 1 fully saturated rings. The van der Waals surface area contributed by atoms with Gasteiger partial charge in [0.25, 0.3) is 5.91 Å². The van der Waals surface area contributed by atoms with Crippen molar-refractivity contribution in [2.45, 2.75) is 31.4 Å². The zero-order valence-electron chi connectivity index (χ0n) is 16.5. The summed E-state index contributed by atoms with van der Waals surface area (Å²) in [5.41, 5.74) is 3.72. The van der Waals surface area contributed by atoms with Crippen molar-refractivity contribution >= 4 is 5.91 Å². The average molecular weight is 406 g/mol. The molecule has 0 N–H and O–H groups in total. The fourth-order valence-electron chi connectivity index (χ4n) is 4.02. The number of pyridine rings is 1. The predicted molar refractivity (Wildman–Crippen MR) is 107 cm³/mol. The van der Waals surface area contributed by atoms with Crippen LogP contribution < -0.4 is 0 Å². The van der Waals surface area contributed by atoms with Crippen LogP contribution >= 0.6 is 0 Å². The molecule has 0 bridgehead atoms. The lowest BCUT2D eigenvalue weighted by Crippen LogP contribution is -2.34.